The van der Waals surface area contributed by atoms with Gasteiger partial charge in [0, 0.05) is 18.7 Å². The zero-order chi connectivity index (χ0) is 7.84. The molecule has 2 nitrogen and oxygen atoms in total. The fraction of sp³-hybridized carbons (Fsp3) is 1.00. The van der Waals surface area contributed by atoms with Crippen LogP contribution in [0.1, 0.15) is 19.8 Å². The molecule has 2 heteroatoms. The van der Waals surface area contributed by atoms with E-state index in [4.69, 9.17) is 4.74 Å². The van der Waals surface area contributed by atoms with E-state index in [0.29, 0.717) is 0 Å². The van der Waals surface area contributed by atoms with Gasteiger partial charge in [-0.25, -0.2) is 0 Å². The molecule has 2 heterocycles. The number of nitrogens with zero attached hydrogens (tertiary/aromatic N) is 1. The van der Waals surface area contributed by atoms with Crippen molar-refractivity contribution >= 4 is 0 Å². The molecule has 11 heavy (non-hydrogen) atoms. The van der Waals surface area contributed by atoms with Gasteiger partial charge in [0.15, 0.2) is 0 Å². The summed E-state index contributed by atoms with van der Waals surface area (Å²) in [5.41, 5.74) is 0. The van der Waals surface area contributed by atoms with Crippen LogP contribution in [-0.2, 0) is 4.74 Å². The van der Waals surface area contributed by atoms with Crippen LogP contribution in [0.15, 0.2) is 0 Å². The van der Waals surface area contributed by atoms with Crippen molar-refractivity contribution in [3.8, 4) is 0 Å². The molecule has 0 aromatic rings. The van der Waals surface area contributed by atoms with E-state index in [9.17, 15) is 0 Å². The summed E-state index contributed by atoms with van der Waals surface area (Å²) in [5.74, 6) is 0.823. The van der Waals surface area contributed by atoms with Crippen molar-refractivity contribution in [1.29, 1.82) is 0 Å². The Hall–Kier alpha value is -0.0800. The van der Waals surface area contributed by atoms with E-state index in [1.165, 1.54) is 12.8 Å². The molecule has 2 saturated heterocycles. The van der Waals surface area contributed by atoms with E-state index in [0.717, 1.165) is 31.2 Å². The molecule has 2 rings (SSSR count). The van der Waals surface area contributed by atoms with Gasteiger partial charge in [-0.2, -0.15) is 0 Å². The Labute approximate surface area is 68.5 Å². The first-order chi connectivity index (χ1) is 5.29. The van der Waals surface area contributed by atoms with Gasteiger partial charge in [-0.05, 0) is 32.7 Å². The van der Waals surface area contributed by atoms with E-state index in [1.807, 2.05) is 0 Å². The Morgan fingerprint density at radius 1 is 1.45 bits per heavy atom. The van der Waals surface area contributed by atoms with Crippen LogP contribution < -0.4 is 0 Å². The summed E-state index contributed by atoms with van der Waals surface area (Å²) in [6.07, 6.45) is 2.58. The molecule has 0 bridgehead atoms. The summed E-state index contributed by atoms with van der Waals surface area (Å²) in [4.78, 5) is 2.52. The largest absolute Gasteiger partial charge is 0.381 e. The highest BCUT2D eigenvalue weighted by Crippen LogP contribution is 2.32. The fourth-order valence-electron chi connectivity index (χ4n) is 2.48. The van der Waals surface area contributed by atoms with Crippen LogP contribution in [0.2, 0.25) is 0 Å². The minimum absolute atomic E-state index is 0.770. The molecular weight excluding hydrogens is 138 g/mol. The van der Waals surface area contributed by atoms with Crippen molar-refractivity contribution in [2.24, 2.45) is 5.92 Å². The minimum Gasteiger partial charge on any atom is -0.381 e. The maximum Gasteiger partial charge on any atom is 0.0509 e. The van der Waals surface area contributed by atoms with Crippen LogP contribution in [0.25, 0.3) is 0 Å². The highest BCUT2D eigenvalue weighted by molar-refractivity contribution is 4.91. The number of fused-ring (bicyclic) bond motifs is 1. The van der Waals surface area contributed by atoms with Crippen LogP contribution in [0.3, 0.4) is 0 Å². The maximum atomic E-state index is 5.45. The lowest BCUT2D eigenvalue weighted by Gasteiger charge is -2.30. The highest BCUT2D eigenvalue weighted by atomic mass is 16.5. The van der Waals surface area contributed by atoms with Gasteiger partial charge in [-0.3, -0.25) is 0 Å². The molecule has 0 amide bonds. The minimum atomic E-state index is 0.770. The summed E-state index contributed by atoms with van der Waals surface area (Å²) in [7, 11) is 2.25. The van der Waals surface area contributed by atoms with E-state index in [2.05, 4.69) is 18.9 Å². The molecule has 64 valence electrons. The fourth-order valence-corrected chi connectivity index (χ4v) is 2.48. The zero-order valence-corrected chi connectivity index (χ0v) is 7.42. The molecule has 0 radical (unpaired) electrons. The van der Waals surface area contributed by atoms with Crippen LogP contribution in [0, 0.1) is 5.92 Å². The Bertz CT molecular complexity index is 148. The third kappa shape index (κ3) is 1.18. The van der Waals surface area contributed by atoms with E-state index >= 15 is 0 Å². The van der Waals surface area contributed by atoms with Crippen molar-refractivity contribution < 1.29 is 4.74 Å². The van der Waals surface area contributed by atoms with Gasteiger partial charge < -0.3 is 9.64 Å². The summed E-state index contributed by atoms with van der Waals surface area (Å²) < 4.78 is 5.45. The first kappa shape index (κ1) is 7.56. The van der Waals surface area contributed by atoms with E-state index < -0.39 is 0 Å². The van der Waals surface area contributed by atoms with Crippen molar-refractivity contribution in [3.05, 3.63) is 0 Å². The lowest BCUT2D eigenvalue weighted by molar-refractivity contribution is 0.0262. The lowest BCUT2D eigenvalue weighted by Crippen LogP contribution is -2.37. The van der Waals surface area contributed by atoms with Gasteiger partial charge in [0.2, 0.25) is 0 Å². The van der Waals surface area contributed by atoms with Crippen molar-refractivity contribution in [3.63, 3.8) is 0 Å². The topological polar surface area (TPSA) is 12.5 Å². The third-order valence-corrected chi connectivity index (χ3v) is 3.30. The first-order valence-corrected chi connectivity index (χ1v) is 4.58. The average Bonchev–Trinajstić information content (AvgIpc) is 2.30. The summed E-state index contributed by atoms with van der Waals surface area (Å²) in [6, 6.07) is 1.59. The number of ether oxygens (including phenoxy) is 1. The quantitative estimate of drug-likeness (QED) is 0.519. The molecule has 0 saturated carbocycles. The van der Waals surface area contributed by atoms with E-state index in [1.54, 1.807) is 0 Å². The molecule has 3 atom stereocenters. The Morgan fingerprint density at radius 3 is 3.00 bits per heavy atom. The number of hydrogen-bond acceptors (Lipinski definition) is 2. The zero-order valence-electron chi connectivity index (χ0n) is 7.42. The van der Waals surface area contributed by atoms with Crippen LogP contribution in [0.4, 0.5) is 0 Å². The first-order valence-electron chi connectivity index (χ1n) is 4.58. The second kappa shape index (κ2) is 2.76. The maximum absolute atomic E-state index is 5.45. The number of hydrogen-bond donors (Lipinski definition) is 0. The molecule has 0 N–H and O–H groups in total. The Morgan fingerprint density at radius 2 is 2.27 bits per heavy atom. The molecule has 0 spiro atoms. The number of likely N-dealkylation sites (tertiary alicyclic amines) is 1. The van der Waals surface area contributed by atoms with Gasteiger partial charge >= 0.3 is 0 Å². The monoisotopic (exact) mass is 155 g/mol. The Balaban J connectivity index is 2.05. The van der Waals surface area contributed by atoms with Crippen LogP contribution in [0.5, 0.6) is 0 Å². The normalized spacial score (nSPS) is 45.8. The summed E-state index contributed by atoms with van der Waals surface area (Å²) in [6.45, 7) is 4.29. The van der Waals surface area contributed by atoms with Gasteiger partial charge in [-0.1, -0.05) is 0 Å². The van der Waals surface area contributed by atoms with Gasteiger partial charge in [0.05, 0.1) is 6.61 Å². The second-order valence-corrected chi connectivity index (χ2v) is 3.94. The van der Waals surface area contributed by atoms with E-state index in [-0.39, 0.29) is 0 Å². The molecule has 2 fully saturated rings. The molecule has 0 aliphatic carbocycles. The smallest absolute Gasteiger partial charge is 0.0509 e. The average molecular weight is 155 g/mol. The lowest BCUT2D eigenvalue weighted by atomic mass is 9.96. The molecule has 3 unspecified atom stereocenters. The second-order valence-electron chi connectivity index (χ2n) is 3.94. The molecule has 0 aromatic heterocycles. The van der Waals surface area contributed by atoms with Gasteiger partial charge in [-0.15, -0.1) is 0 Å². The van der Waals surface area contributed by atoms with Gasteiger partial charge in [0.25, 0.3) is 0 Å². The predicted octanol–water partition coefficient (Wildman–Crippen LogP) is 1.12. The third-order valence-electron chi connectivity index (χ3n) is 3.30. The van der Waals surface area contributed by atoms with Crippen molar-refractivity contribution in [1.82, 2.24) is 4.90 Å². The van der Waals surface area contributed by atoms with Crippen LogP contribution in [-0.4, -0.2) is 37.2 Å². The SMILES string of the molecule is CC1CC2COCCC2N1C. The molecule has 0 aromatic carbocycles. The number of rotatable bonds is 0. The Kier molecular flexibility index (Phi) is 1.90. The standard InChI is InChI=1S/C9H17NO/c1-7-5-8-6-11-4-3-9(8)10(7)2/h7-9H,3-6H2,1-2H3. The molecule has 2 aliphatic heterocycles. The van der Waals surface area contributed by atoms with Crippen molar-refractivity contribution in [2.45, 2.75) is 31.8 Å². The summed E-state index contributed by atoms with van der Waals surface area (Å²) >= 11 is 0. The predicted molar refractivity (Wildman–Crippen MR) is 44.6 cm³/mol. The van der Waals surface area contributed by atoms with Crippen LogP contribution >= 0.6 is 0 Å². The highest BCUT2D eigenvalue weighted by Gasteiger charge is 2.38. The summed E-state index contributed by atoms with van der Waals surface area (Å²) in [5, 5.41) is 0. The van der Waals surface area contributed by atoms with Gasteiger partial charge in [0.1, 0.15) is 0 Å². The molecule has 2 aliphatic rings. The van der Waals surface area contributed by atoms with Crippen molar-refractivity contribution in [2.75, 3.05) is 20.3 Å². The molecular formula is C9H17NO.